The summed E-state index contributed by atoms with van der Waals surface area (Å²) in [6, 6.07) is 15.2. The van der Waals surface area contributed by atoms with Gasteiger partial charge in [-0.05, 0) is 32.0 Å². The van der Waals surface area contributed by atoms with Crippen LogP contribution in [-0.4, -0.2) is 23.1 Å². The van der Waals surface area contributed by atoms with Crippen LogP contribution in [0.25, 0.3) is 0 Å². The molecular formula is C19H20N2O5. The number of hydroxylamine groups is 1. The summed E-state index contributed by atoms with van der Waals surface area (Å²) in [7, 11) is 0. The van der Waals surface area contributed by atoms with Crippen LogP contribution in [0.3, 0.4) is 0 Å². The van der Waals surface area contributed by atoms with Gasteiger partial charge >= 0.3 is 5.97 Å². The van der Waals surface area contributed by atoms with Gasteiger partial charge in [0.15, 0.2) is 5.60 Å². The van der Waals surface area contributed by atoms with Gasteiger partial charge in [-0.25, -0.2) is 9.86 Å². The SMILES string of the molecule is CCOC(=O)[C@]1(C)C[C@@H](c2ccccc2[N+](=O)[O-])N(c2ccccc2)O1. The molecule has 0 radical (unpaired) electrons. The Morgan fingerprint density at radius 1 is 1.27 bits per heavy atom. The lowest BCUT2D eigenvalue weighted by Crippen LogP contribution is -2.38. The second-order valence-electron chi connectivity index (χ2n) is 6.24. The molecule has 7 heteroatoms. The molecule has 1 aliphatic rings. The molecule has 1 saturated heterocycles. The maximum absolute atomic E-state index is 12.4. The summed E-state index contributed by atoms with van der Waals surface area (Å²) in [5.41, 5.74) is -0.0200. The zero-order chi connectivity index (χ0) is 18.7. The topological polar surface area (TPSA) is 81.9 Å². The summed E-state index contributed by atoms with van der Waals surface area (Å²) in [5, 5.41) is 13.0. The van der Waals surface area contributed by atoms with Gasteiger partial charge in [0.1, 0.15) is 0 Å². The third-order valence-corrected chi connectivity index (χ3v) is 4.38. The first kappa shape index (κ1) is 17.9. The van der Waals surface area contributed by atoms with Gasteiger partial charge in [0.25, 0.3) is 5.69 Å². The van der Waals surface area contributed by atoms with Gasteiger partial charge in [-0.15, -0.1) is 0 Å². The summed E-state index contributed by atoms with van der Waals surface area (Å²) in [4.78, 5) is 29.5. The minimum Gasteiger partial charge on any atom is -0.464 e. The highest BCUT2D eigenvalue weighted by Gasteiger charge is 2.51. The Hall–Kier alpha value is -2.93. The fraction of sp³-hybridized carbons (Fsp3) is 0.316. The van der Waals surface area contributed by atoms with Crippen molar-refractivity contribution >= 4 is 17.3 Å². The number of carbonyl (C=O) groups is 1. The second kappa shape index (κ2) is 7.13. The molecule has 0 amide bonds. The predicted octanol–water partition coefficient (Wildman–Crippen LogP) is 3.80. The molecule has 0 aliphatic carbocycles. The Morgan fingerprint density at radius 3 is 2.58 bits per heavy atom. The van der Waals surface area contributed by atoms with Gasteiger partial charge in [-0.1, -0.05) is 30.3 Å². The average molecular weight is 356 g/mol. The number of anilines is 1. The van der Waals surface area contributed by atoms with Gasteiger partial charge < -0.3 is 4.74 Å². The number of nitro benzene ring substituents is 1. The lowest BCUT2D eigenvalue weighted by atomic mass is 9.93. The molecule has 26 heavy (non-hydrogen) atoms. The van der Waals surface area contributed by atoms with E-state index in [1.807, 2.05) is 30.3 Å². The number of para-hydroxylation sites is 2. The Labute approximate surface area is 151 Å². The maximum Gasteiger partial charge on any atom is 0.340 e. The molecule has 136 valence electrons. The summed E-state index contributed by atoms with van der Waals surface area (Å²) < 4.78 is 5.15. The van der Waals surface area contributed by atoms with Crippen LogP contribution in [0.1, 0.15) is 31.9 Å². The van der Waals surface area contributed by atoms with Crippen molar-refractivity contribution in [3.05, 3.63) is 70.3 Å². The Kier molecular flexibility index (Phi) is 4.90. The molecule has 3 rings (SSSR count). The van der Waals surface area contributed by atoms with E-state index in [1.165, 1.54) is 6.07 Å². The number of hydrogen-bond acceptors (Lipinski definition) is 6. The largest absolute Gasteiger partial charge is 0.464 e. The van der Waals surface area contributed by atoms with Crippen molar-refractivity contribution in [3.8, 4) is 0 Å². The number of hydrogen-bond donors (Lipinski definition) is 0. The van der Waals surface area contributed by atoms with Gasteiger partial charge in [0.2, 0.25) is 0 Å². The highest BCUT2D eigenvalue weighted by molar-refractivity contribution is 5.80. The van der Waals surface area contributed by atoms with Crippen molar-refractivity contribution < 1.29 is 19.3 Å². The van der Waals surface area contributed by atoms with Gasteiger partial charge in [-0.3, -0.25) is 15.0 Å². The molecule has 2 aromatic carbocycles. The molecule has 2 atom stereocenters. The Morgan fingerprint density at radius 2 is 1.92 bits per heavy atom. The number of carbonyl (C=O) groups excluding carboxylic acids is 1. The number of nitro groups is 1. The monoisotopic (exact) mass is 356 g/mol. The zero-order valence-corrected chi connectivity index (χ0v) is 14.6. The molecule has 2 aromatic rings. The Balaban J connectivity index is 2.06. The standard InChI is InChI=1S/C19H20N2O5/c1-3-25-18(22)19(2)13-17(15-11-7-8-12-16(15)21(23)24)20(26-19)14-9-5-4-6-10-14/h4-12,17H,3,13H2,1-2H3/t17-,19-/m0/s1. The van der Waals surface area contributed by atoms with Crippen LogP contribution in [0.4, 0.5) is 11.4 Å². The van der Waals surface area contributed by atoms with Crippen LogP contribution in [0.15, 0.2) is 54.6 Å². The zero-order valence-electron chi connectivity index (χ0n) is 14.6. The molecular weight excluding hydrogens is 336 g/mol. The van der Waals surface area contributed by atoms with Gasteiger partial charge in [0.05, 0.1) is 28.8 Å². The maximum atomic E-state index is 12.4. The van der Waals surface area contributed by atoms with Crippen molar-refractivity contribution in [1.82, 2.24) is 0 Å². The fourth-order valence-corrected chi connectivity index (χ4v) is 3.15. The molecule has 7 nitrogen and oxygen atoms in total. The number of esters is 1. The van der Waals surface area contributed by atoms with Crippen LogP contribution in [0, 0.1) is 10.1 Å². The van der Waals surface area contributed by atoms with Crippen molar-refractivity contribution in [2.75, 3.05) is 11.7 Å². The first-order chi connectivity index (χ1) is 12.5. The van der Waals surface area contributed by atoms with Crippen molar-refractivity contribution in [3.63, 3.8) is 0 Å². The van der Waals surface area contributed by atoms with E-state index in [-0.39, 0.29) is 18.7 Å². The first-order valence-corrected chi connectivity index (χ1v) is 8.40. The van der Waals surface area contributed by atoms with E-state index in [1.54, 1.807) is 37.1 Å². The second-order valence-corrected chi connectivity index (χ2v) is 6.24. The molecule has 0 bridgehead atoms. The van der Waals surface area contributed by atoms with Crippen LogP contribution >= 0.6 is 0 Å². The van der Waals surface area contributed by atoms with E-state index in [0.717, 1.165) is 0 Å². The summed E-state index contributed by atoms with van der Waals surface area (Å²) in [5.74, 6) is -0.484. The van der Waals surface area contributed by atoms with E-state index in [9.17, 15) is 14.9 Å². The van der Waals surface area contributed by atoms with E-state index in [2.05, 4.69) is 0 Å². The lowest BCUT2D eigenvalue weighted by Gasteiger charge is -2.26. The molecule has 0 unspecified atom stereocenters. The lowest BCUT2D eigenvalue weighted by molar-refractivity contribution is -0.385. The number of nitrogens with zero attached hydrogens (tertiary/aromatic N) is 2. The van der Waals surface area contributed by atoms with Crippen molar-refractivity contribution in [1.29, 1.82) is 0 Å². The fourth-order valence-electron chi connectivity index (χ4n) is 3.15. The molecule has 0 spiro atoms. The van der Waals surface area contributed by atoms with Gasteiger partial charge in [0, 0.05) is 12.5 Å². The average Bonchev–Trinajstić information content (AvgIpc) is 3.02. The summed E-state index contributed by atoms with van der Waals surface area (Å²) in [6.07, 6.45) is 0.242. The van der Waals surface area contributed by atoms with Crippen LogP contribution < -0.4 is 5.06 Å². The third kappa shape index (κ3) is 3.25. The minimum atomic E-state index is -1.22. The van der Waals surface area contributed by atoms with E-state index in [4.69, 9.17) is 9.57 Å². The molecule has 0 aromatic heterocycles. The molecule has 1 heterocycles. The highest BCUT2D eigenvalue weighted by atomic mass is 16.7. The van der Waals surface area contributed by atoms with Crippen LogP contribution in [-0.2, 0) is 14.4 Å². The highest BCUT2D eigenvalue weighted by Crippen LogP contribution is 2.45. The summed E-state index contributed by atoms with van der Waals surface area (Å²) in [6.45, 7) is 3.61. The number of ether oxygens (including phenoxy) is 1. The quantitative estimate of drug-likeness (QED) is 0.460. The number of benzene rings is 2. The molecule has 1 aliphatic heterocycles. The molecule has 1 fully saturated rings. The van der Waals surface area contributed by atoms with Gasteiger partial charge in [-0.2, -0.15) is 0 Å². The van der Waals surface area contributed by atoms with E-state index in [0.29, 0.717) is 11.3 Å². The normalized spacial score (nSPS) is 22.2. The summed E-state index contributed by atoms with van der Waals surface area (Å²) >= 11 is 0. The van der Waals surface area contributed by atoms with Crippen molar-refractivity contribution in [2.45, 2.75) is 31.9 Å². The predicted molar refractivity (Wildman–Crippen MR) is 95.5 cm³/mol. The van der Waals surface area contributed by atoms with E-state index < -0.39 is 22.5 Å². The smallest absolute Gasteiger partial charge is 0.340 e. The number of rotatable bonds is 5. The van der Waals surface area contributed by atoms with Crippen LogP contribution in [0.2, 0.25) is 0 Å². The van der Waals surface area contributed by atoms with E-state index >= 15 is 0 Å². The van der Waals surface area contributed by atoms with Crippen molar-refractivity contribution in [2.24, 2.45) is 0 Å². The minimum absolute atomic E-state index is 0.00450. The van der Waals surface area contributed by atoms with Crippen LogP contribution in [0.5, 0.6) is 0 Å². The molecule has 0 N–H and O–H groups in total. The third-order valence-electron chi connectivity index (χ3n) is 4.38. The first-order valence-electron chi connectivity index (χ1n) is 8.40. The molecule has 0 saturated carbocycles. The Bertz CT molecular complexity index is 811.